The number of ether oxygens (including phenoxy) is 1. The van der Waals surface area contributed by atoms with E-state index in [1.54, 1.807) is 11.3 Å². The Labute approximate surface area is 123 Å². The van der Waals surface area contributed by atoms with Crippen molar-refractivity contribution in [3.63, 3.8) is 0 Å². The molecule has 1 rings (SSSR count). The van der Waals surface area contributed by atoms with Crippen molar-refractivity contribution in [3.8, 4) is 0 Å². The molecule has 0 aliphatic rings. The lowest BCUT2D eigenvalue weighted by molar-refractivity contribution is -0.144. The van der Waals surface area contributed by atoms with Crippen molar-refractivity contribution in [1.82, 2.24) is 10.6 Å². The Morgan fingerprint density at radius 1 is 1.35 bits per heavy atom. The summed E-state index contributed by atoms with van der Waals surface area (Å²) in [6.07, 6.45) is 0. The molecule has 0 fully saturated rings. The summed E-state index contributed by atoms with van der Waals surface area (Å²) in [4.78, 5) is 24.5. The van der Waals surface area contributed by atoms with Crippen LogP contribution >= 0.6 is 11.3 Å². The summed E-state index contributed by atoms with van der Waals surface area (Å²) in [5.41, 5.74) is 0. The minimum absolute atomic E-state index is 0.0278. The fourth-order valence-electron chi connectivity index (χ4n) is 1.82. The molecule has 1 aromatic heterocycles. The first-order valence-corrected chi connectivity index (χ1v) is 7.47. The third-order valence-electron chi connectivity index (χ3n) is 2.95. The smallest absolute Gasteiger partial charge is 0.323 e. The van der Waals surface area contributed by atoms with Crippen molar-refractivity contribution in [3.05, 3.63) is 22.4 Å². The molecule has 0 bridgehead atoms. The van der Waals surface area contributed by atoms with Crippen LogP contribution in [0.3, 0.4) is 0 Å². The Bertz CT molecular complexity index is 432. The molecule has 0 aliphatic carbocycles. The van der Waals surface area contributed by atoms with Crippen molar-refractivity contribution in [2.24, 2.45) is 5.92 Å². The molecule has 0 radical (unpaired) electrons. The van der Waals surface area contributed by atoms with Crippen LogP contribution in [0.5, 0.6) is 0 Å². The standard InChI is InChI=1S/C14H22N2O3S/c1-9(2)13(14(18)19-4)15-8-12(17)16-10(3)11-6-5-7-20-11/h5-7,9-10,13,15H,8H2,1-4H3,(H,16,17). The molecule has 5 nitrogen and oxygen atoms in total. The van der Waals surface area contributed by atoms with Gasteiger partial charge in [-0.15, -0.1) is 11.3 Å². The van der Waals surface area contributed by atoms with Gasteiger partial charge in [0.1, 0.15) is 6.04 Å². The topological polar surface area (TPSA) is 67.4 Å². The molecule has 0 saturated carbocycles. The maximum absolute atomic E-state index is 11.9. The second-order valence-corrected chi connectivity index (χ2v) is 5.91. The van der Waals surface area contributed by atoms with Gasteiger partial charge >= 0.3 is 5.97 Å². The van der Waals surface area contributed by atoms with E-state index >= 15 is 0 Å². The van der Waals surface area contributed by atoms with Crippen molar-refractivity contribution >= 4 is 23.2 Å². The number of carbonyl (C=O) groups is 2. The molecule has 0 saturated heterocycles. The van der Waals surface area contributed by atoms with Crippen LogP contribution in [0, 0.1) is 5.92 Å². The monoisotopic (exact) mass is 298 g/mol. The van der Waals surface area contributed by atoms with Gasteiger partial charge < -0.3 is 10.1 Å². The average molecular weight is 298 g/mol. The van der Waals surface area contributed by atoms with Gasteiger partial charge in [-0.05, 0) is 24.3 Å². The third-order valence-corrected chi connectivity index (χ3v) is 4.01. The molecule has 1 amide bonds. The Morgan fingerprint density at radius 2 is 2.05 bits per heavy atom. The Hall–Kier alpha value is -1.40. The van der Waals surface area contributed by atoms with E-state index in [0.29, 0.717) is 0 Å². The van der Waals surface area contributed by atoms with E-state index < -0.39 is 6.04 Å². The molecule has 1 aromatic rings. The zero-order valence-corrected chi connectivity index (χ0v) is 13.1. The predicted molar refractivity (Wildman–Crippen MR) is 79.5 cm³/mol. The lowest BCUT2D eigenvalue weighted by Gasteiger charge is -2.20. The molecule has 0 aliphatic heterocycles. The largest absolute Gasteiger partial charge is 0.468 e. The van der Waals surface area contributed by atoms with Crippen LogP contribution in [0.25, 0.3) is 0 Å². The van der Waals surface area contributed by atoms with Crippen LogP contribution in [0.15, 0.2) is 17.5 Å². The first-order chi connectivity index (χ1) is 9.45. The summed E-state index contributed by atoms with van der Waals surface area (Å²) < 4.78 is 4.71. The van der Waals surface area contributed by atoms with E-state index in [2.05, 4.69) is 10.6 Å². The van der Waals surface area contributed by atoms with Gasteiger partial charge in [0, 0.05) is 4.88 Å². The molecular weight excluding hydrogens is 276 g/mol. The number of esters is 1. The summed E-state index contributed by atoms with van der Waals surface area (Å²) in [7, 11) is 1.35. The molecule has 2 atom stereocenters. The summed E-state index contributed by atoms with van der Waals surface area (Å²) >= 11 is 1.60. The molecule has 20 heavy (non-hydrogen) atoms. The highest BCUT2D eigenvalue weighted by Gasteiger charge is 2.23. The van der Waals surface area contributed by atoms with Crippen LogP contribution in [0.1, 0.15) is 31.7 Å². The van der Waals surface area contributed by atoms with Crippen molar-refractivity contribution < 1.29 is 14.3 Å². The third kappa shape index (κ3) is 4.94. The van der Waals surface area contributed by atoms with Crippen molar-refractivity contribution in [1.29, 1.82) is 0 Å². The minimum atomic E-state index is -0.470. The number of carbonyl (C=O) groups excluding carboxylic acids is 2. The van der Waals surface area contributed by atoms with Gasteiger partial charge in [-0.25, -0.2) is 0 Å². The molecule has 0 aromatic carbocycles. The summed E-state index contributed by atoms with van der Waals surface area (Å²) in [6.45, 7) is 5.83. The Kier molecular flexibility index (Phi) is 6.67. The fraction of sp³-hybridized carbons (Fsp3) is 0.571. The van der Waals surface area contributed by atoms with E-state index in [4.69, 9.17) is 4.74 Å². The Balaban J connectivity index is 2.44. The molecule has 6 heteroatoms. The second-order valence-electron chi connectivity index (χ2n) is 4.93. The van der Waals surface area contributed by atoms with Crippen LogP contribution in [-0.2, 0) is 14.3 Å². The quantitative estimate of drug-likeness (QED) is 0.752. The number of hydrogen-bond donors (Lipinski definition) is 2. The number of amides is 1. The normalized spacial score (nSPS) is 13.8. The van der Waals surface area contributed by atoms with Gasteiger partial charge in [-0.3, -0.25) is 14.9 Å². The lowest BCUT2D eigenvalue weighted by Crippen LogP contribution is -2.46. The van der Waals surface area contributed by atoms with Gasteiger partial charge in [0.2, 0.25) is 5.91 Å². The van der Waals surface area contributed by atoms with Crippen LogP contribution in [0.4, 0.5) is 0 Å². The number of nitrogens with one attached hydrogen (secondary N) is 2. The van der Waals surface area contributed by atoms with E-state index in [0.717, 1.165) is 4.88 Å². The second kappa shape index (κ2) is 8.01. The molecule has 2 unspecified atom stereocenters. The predicted octanol–water partition coefficient (Wildman–Crippen LogP) is 1.71. The molecule has 0 spiro atoms. The molecule has 112 valence electrons. The minimum Gasteiger partial charge on any atom is -0.468 e. The van der Waals surface area contributed by atoms with E-state index in [-0.39, 0.29) is 30.4 Å². The highest BCUT2D eigenvalue weighted by atomic mass is 32.1. The number of thiophene rings is 1. The highest BCUT2D eigenvalue weighted by molar-refractivity contribution is 7.10. The van der Waals surface area contributed by atoms with Crippen LogP contribution in [-0.4, -0.2) is 31.6 Å². The van der Waals surface area contributed by atoms with E-state index in [1.807, 2.05) is 38.3 Å². The number of rotatable bonds is 7. The van der Waals surface area contributed by atoms with Gasteiger partial charge in [0.15, 0.2) is 0 Å². The van der Waals surface area contributed by atoms with Gasteiger partial charge in [-0.2, -0.15) is 0 Å². The van der Waals surface area contributed by atoms with E-state index in [9.17, 15) is 9.59 Å². The Morgan fingerprint density at radius 3 is 2.55 bits per heavy atom. The zero-order chi connectivity index (χ0) is 15.1. The van der Waals surface area contributed by atoms with Crippen LogP contribution < -0.4 is 10.6 Å². The van der Waals surface area contributed by atoms with Crippen LogP contribution in [0.2, 0.25) is 0 Å². The maximum atomic E-state index is 11.9. The number of methoxy groups -OCH3 is 1. The summed E-state index contributed by atoms with van der Waals surface area (Å²) in [5.74, 6) is -0.426. The molecule has 1 heterocycles. The van der Waals surface area contributed by atoms with Gasteiger partial charge in [0.05, 0.1) is 19.7 Å². The molecular formula is C14H22N2O3S. The maximum Gasteiger partial charge on any atom is 0.323 e. The fourth-order valence-corrected chi connectivity index (χ4v) is 2.56. The van der Waals surface area contributed by atoms with E-state index in [1.165, 1.54) is 7.11 Å². The average Bonchev–Trinajstić information content (AvgIpc) is 2.92. The summed E-state index contributed by atoms with van der Waals surface area (Å²) in [5, 5.41) is 7.80. The number of hydrogen-bond acceptors (Lipinski definition) is 5. The SMILES string of the molecule is COC(=O)C(NCC(=O)NC(C)c1cccs1)C(C)C. The van der Waals surface area contributed by atoms with Crippen molar-refractivity contribution in [2.45, 2.75) is 32.9 Å². The van der Waals surface area contributed by atoms with Crippen molar-refractivity contribution in [2.75, 3.05) is 13.7 Å². The zero-order valence-electron chi connectivity index (χ0n) is 12.3. The molecule has 2 N–H and O–H groups in total. The first-order valence-electron chi connectivity index (χ1n) is 6.59. The first kappa shape index (κ1) is 16.7. The summed E-state index contributed by atoms with van der Waals surface area (Å²) in [6, 6.07) is 3.43. The van der Waals surface area contributed by atoms with Gasteiger partial charge in [-0.1, -0.05) is 19.9 Å². The van der Waals surface area contributed by atoms with Gasteiger partial charge in [0.25, 0.3) is 0 Å². The lowest BCUT2D eigenvalue weighted by atomic mass is 10.0. The highest BCUT2D eigenvalue weighted by Crippen LogP contribution is 2.17.